The van der Waals surface area contributed by atoms with Crippen LogP contribution in [0.15, 0.2) is 28.4 Å². The summed E-state index contributed by atoms with van der Waals surface area (Å²) in [5.74, 6) is 2.49. The van der Waals surface area contributed by atoms with Gasteiger partial charge in [0.2, 0.25) is 5.91 Å². The number of rotatable bonds is 10. The number of amides is 3. The van der Waals surface area contributed by atoms with Gasteiger partial charge in [-0.1, -0.05) is 18.9 Å². The van der Waals surface area contributed by atoms with Crippen LogP contribution in [0.3, 0.4) is 0 Å². The van der Waals surface area contributed by atoms with Crippen molar-refractivity contribution >= 4 is 17.7 Å². The average molecular weight is 450 g/mol. The van der Waals surface area contributed by atoms with Gasteiger partial charge in [0.1, 0.15) is 0 Å². The van der Waals surface area contributed by atoms with Crippen LogP contribution in [0.2, 0.25) is 0 Å². The zero-order valence-electron chi connectivity index (χ0n) is 18.9. The molecule has 0 saturated heterocycles. The smallest absolute Gasteiger partial charge is 0.251 e. The minimum atomic E-state index is -0.471. The van der Waals surface area contributed by atoms with Crippen LogP contribution in [0.25, 0.3) is 0 Å². The Balaban J connectivity index is 1.33. The number of carbonyl (C=O) groups excluding carboxylic acids is 3. The van der Waals surface area contributed by atoms with Crippen molar-refractivity contribution in [2.75, 3.05) is 13.1 Å². The first-order valence-electron chi connectivity index (χ1n) is 11.9. The second-order valence-electron chi connectivity index (χ2n) is 9.19. The summed E-state index contributed by atoms with van der Waals surface area (Å²) in [6, 6.07) is 5.15. The van der Waals surface area contributed by atoms with Crippen LogP contribution in [-0.4, -0.2) is 42.5 Å². The molecule has 3 aliphatic rings. The third-order valence-electron chi connectivity index (χ3n) is 6.91. The molecule has 1 aromatic carbocycles. The highest BCUT2D eigenvalue weighted by atomic mass is 16.2. The van der Waals surface area contributed by atoms with E-state index in [0.29, 0.717) is 55.8 Å². The van der Waals surface area contributed by atoms with E-state index in [2.05, 4.69) is 32.1 Å². The molecule has 1 fully saturated rings. The summed E-state index contributed by atoms with van der Waals surface area (Å²) >= 11 is 0. The third kappa shape index (κ3) is 5.78. The van der Waals surface area contributed by atoms with Crippen molar-refractivity contribution in [2.45, 2.75) is 69.5 Å². The van der Waals surface area contributed by atoms with Gasteiger partial charge in [-0.2, -0.15) is 10.2 Å². The van der Waals surface area contributed by atoms with Crippen molar-refractivity contribution in [3.8, 4) is 12.3 Å². The predicted molar refractivity (Wildman–Crippen MR) is 124 cm³/mol. The van der Waals surface area contributed by atoms with E-state index >= 15 is 0 Å². The van der Waals surface area contributed by atoms with Crippen molar-refractivity contribution in [3.05, 3.63) is 34.9 Å². The van der Waals surface area contributed by atoms with E-state index in [1.54, 1.807) is 12.1 Å². The van der Waals surface area contributed by atoms with Crippen molar-refractivity contribution < 1.29 is 14.4 Å². The fraction of sp³-hybridized carbons (Fsp3) is 0.560. The van der Waals surface area contributed by atoms with Gasteiger partial charge >= 0.3 is 0 Å². The van der Waals surface area contributed by atoms with Gasteiger partial charge in [-0.25, -0.2) is 0 Å². The van der Waals surface area contributed by atoms with Gasteiger partial charge in [0.25, 0.3) is 11.8 Å². The van der Waals surface area contributed by atoms with Gasteiger partial charge in [-0.3, -0.25) is 14.4 Å². The molecule has 1 atom stereocenters. The topological polar surface area (TPSA) is 112 Å². The summed E-state index contributed by atoms with van der Waals surface area (Å²) in [4.78, 5) is 37.6. The van der Waals surface area contributed by atoms with E-state index in [4.69, 9.17) is 6.42 Å². The average Bonchev–Trinajstić information content (AvgIpc) is 3.38. The Bertz CT molecular complexity index is 984. The Hall–Kier alpha value is -3.21. The van der Waals surface area contributed by atoms with Gasteiger partial charge in [0, 0.05) is 55.9 Å². The summed E-state index contributed by atoms with van der Waals surface area (Å²) in [7, 11) is 0. The molecule has 3 N–H and O–H groups in total. The standard InChI is InChI=1S/C25H31N5O3/c1-2-3-12-25(29-30-25)13-10-22(31)27-16-21(18-6-4-5-7-18)28-23(32)19-9-8-17-11-14-26-24(33)20(17)15-19/h1,8-9,15,18,21H,3-7,10-14,16H2,(H,26,33)(H,27,31)(H,28,32). The zero-order chi connectivity index (χ0) is 23.3. The molecule has 0 bridgehead atoms. The molecular formula is C25H31N5O3. The van der Waals surface area contributed by atoms with Crippen molar-refractivity contribution in [1.82, 2.24) is 16.0 Å². The molecule has 3 amide bonds. The number of nitrogens with one attached hydrogen (secondary N) is 3. The molecule has 2 aliphatic heterocycles. The summed E-state index contributed by atoms with van der Waals surface area (Å²) in [5.41, 5.74) is 1.52. The molecular weight excluding hydrogens is 418 g/mol. The Morgan fingerprint density at radius 3 is 2.76 bits per heavy atom. The molecule has 0 aromatic heterocycles. The van der Waals surface area contributed by atoms with E-state index in [9.17, 15) is 14.4 Å². The second kappa shape index (κ2) is 10.2. The lowest BCUT2D eigenvalue weighted by Gasteiger charge is -2.25. The summed E-state index contributed by atoms with van der Waals surface area (Å²) < 4.78 is 0. The lowest BCUT2D eigenvalue weighted by Crippen LogP contribution is -2.47. The molecule has 1 aromatic rings. The molecule has 33 heavy (non-hydrogen) atoms. The minimum Gasteiger partial charge on any atom is -0.354 e. The van der Waals surface area contributed by atoms with E-state index in [1.165, 1.54) is 0 Å². The number of nitrogens with zero attached hydrogens (tertiary/aromatic N) is 2. The van der Waals surface area contributed by atoms with Crippen LogP contribution in [0.5, 0.6) is 0 Å². The quantitative estimate of drug-likeness (QED) is 0.478. The molecule has 0 spiro atoms. The highest BCUT2D eigenvalue weighted by Gasteiger charge is 2.39. The highest BCUT2D eigenvalue weighted by Crippen LogP contribution is 2.37. The lowest BCUT2D eigenvalue weighted by molar-refractivity contribution is -0.121. The predicted octanol–water partition coefficient (Wildman–Crippen LogP) is 2.73. The van der Waals surface area contributed by atoms with Crippen LogP contribution >= 0.6 is 0 Å². The fourth-order valence-electron chi connectivity index (χ4n) is 4.79. The Morgan fingerprint density at radius 2 is 2.03 bits per heavy atom. The van der Waals surface area contributed by atoms with Crippen LogP contribution in [0, 0.1) is 18.3 Å². The number of hydrogen-bond acceptors (Lipinski definition) is 5. The summed E-state index contributed by atoms with van der Waals surface area (Å²) in [5, 5.41) is 17.1. The van der Waals surface area contributed by atoms with Gasteiger partial charge in [0.05, 0.1) is 0 Å². The molecule has 8 heteroatoms. The first-order chi connectivity index (χ1) is 16.0. The van der Waals surface area contributed by atoms with Gasteiger partial charge < -0.3 is 16.0 Å². The molecule has 0 radical (unpaired) electrons. The highest BCUT2D eigenvalue weighted by molar-refractivity contribution is 6.01. The number of hydrogen-bond donors (Lipinski definition) is 3. The summed E-state index contributed by atoms with van der Waals surface area (Å²) in [6.45, 7) is 1.00. The molecule has 4 rings (SSSR count). The van der Waals surface area contributed by atoms with Crippen molar-refractivity contribution in [3.63, 3.8) is 0 Å². The third-order valence-corrected chi connectivity index (χ3v) is 6.91. The van der Waals surface area contributed by atoms with Crippen LogP contribution in [-0.2, 0) is 11.2 Å². The molecule has 8 nitrogen and oxygen atoms in total. The van der Waals surface area contributed by atoms with E-state index in [-0.39, 0.29) is 23.8 Å². The first-order valence-corrected chi connectivity index (χ1v) is 11.9. The minimum absolute atomic E-state index is 0.0740. The second-order valence-corrected chi connectivity index (χ2v) is 9.19. The van der Waals surface area contributed by atoms with E-state index in [1.807, 2.05) is 6.07 Å². The van der Waals surface area contributed by atoms with E-state index < -0.39 is 5.66 Å². The van der Waals surface area contributed by atoms with Crippen molar-refractivity contribution in [1.29, 1.82) is 0 Å². The maximum Gasteiger partial charge on any atom is 0.251 e. The van der Waals surface area contributed by atoms with Gasteiger partial charge in [-0.05, 0) is 42.9 Å². The molecule has 2 heterocycles. The number of terminal acetylenes is 1. The van der Waals surface area contributed by atoms with E-state index in [0.717, 1.165) is 37.7 Å². The largest absolute Gasteiger partial charge is 0.354 e. The molecule has 174 valence electrons. The normalized spacial score (nSPS) is 19.2. The van der Waals surface area contributed by atoms with Crippen molar-refractivity contribution in [2.24, 2.45) is 16.1 Å². The maximum atomic E-state index is 13.0. The summed E-state index contributed by atoms with van der Waals surface area (Å²) in [6.07, 6.45) is 12.5. The molecule has 1 saturated carbocycles. The molecule has 1 unspecified atom stereocenters. The monoisotopic (exact) mass is 449 g/mol. The fourth-order valence-corrected chi connectivity index (χ4v) is 4.79. The van der Waals surface area contributed by atoms with Gasteiger partial charge in [0.15, 0.2) is 5.66 Å². The lowest BCUT2D eigenvalue weighted by atomic mass is 9.95. The SMILES string of the molecule is C#CCCC1(CCC(=O)NCC(NC(=O)c2ccc3c(c2)C(=O)NCC3)C2CCCC2)N=N1. The Labute approximate surface area is 194 Å². The number of fused-ring (bicyclic) bond motifs is 1. The molecule has 1 aliphatic carbocycles. The van der Waals surface area contributed by atoms with Crippen LogP contribution < -0.4 is 16.0 Å². The maximum absolute atomic E-state index is 13.0. The first kappa shape index (κ1) is 23.0. The number of carbonyl (C=O) groups is 3. The van der Waals surface area contributed by atoms with Crippen LogP contribution in [0.1, 0.15) is 77.6 Å². The van der Waals surface area contributed by atoms with Crippen LogP contribution in [0.4, 0.5) is 0 Å². The van der Waals surface area contributed by atoms with Gasteiger partial charge in [-0.15, -0.1) is 12.3 Å². The Morgan fingerprint density at radius 1 is 1.24 bits per heavy atom. The zero-order valence-corrected chi connectivity index (χ0v) is 18.9. The number of benzene rings is 1. The Kier molecular flexibility index (Phi) is 7.07.